The van der Waals surface area contributed by atoms with Crippen molar-refractivity contribution in [3.63, 3.8) is 0 Å². The number of H-pyrrole nitrogens is 1. The zero-order valence-corrected chi connectivity index (χ0v) is 11.1. The molecule has 0 spiro atoms. The Morgan fingerprint density at radius 3 is 2.63 bits per heavy atom. The monoisotopic (exact) mass is 258 g/mol. The highest BCUT2D eigenvalue weighted by atomic mass is 16.2. The van der Waals surface area contributed by atoms with Crippen LogP contribution < -0.4 is 11.1 Å². The summed E-state index contributed by atoms with van der Waals surface area (Å²) in [5.74, 6) is 0.112. The van der Waals surface area contributed by atoms with Crippen LogP contribution in [-0.4, -0.2) is 16.1 Å². The lowest BCUT2D eigenvalue weighted by atomic mass is 9.96. The van der Waals surface area contributed by atoms with Crippen molar-refractivity contribution in [2.24, 2.45) is 0 Å². The zero-order chi connectivity index (χ0) is 13.8. The van der Waals surface area contributed by atoms with Crippen LogP contribution in [0.5, 0.6) is 0 Å². The molecule has 0 aliphatic carbocycles. The fourth-order valence-corrected chi connectivity index (χ4v) is 1.99. The summed E-state index contributed by atoms with van der Waals surface area (Å²) >= 11 is 0. The standard InChI is InChI=1S/C14H18N4O/c1-3-11(10-7-5-4-6-8-10)14(19)16-13-12(15)9(2)17-18-13/h4-8,11H,3,15H2,1-2H3,(H2,16,17,18,19). The summed E-state index contributed by atoms with van der Waals surface area (Å²) < 4.78 is 0. The fraction of sp³-hybridized carbons (Fsp3) is 0.286. The molecule has 1 atom stereocenters. The van der Waals surface area contributed by atoms with E-state index in [4.69, 9.17) is 5.73 Å². The number of nitrogens with two attached hydrogens (primary N) is 1. The van der Waals surface area contributed by atoms with Crippen molar-refractivity contribution in [3.05, 3.63) is 41.6 Å². The van der Waals surface area contributed by atoms with E-state index in [-0.39, 0.29) is 11.8 Å². The third kappa shape index (κ3) is 2.76. The van der Waals surface area contributed by atoms with Crippen molar-refractivity contribution in [2.45, 2.75) is 26.2 Å². The average Bonchev–Trinajstić information content (AvgIpc) is 2.73. The molecule has 1 aromatic heterocycles. The lowest BCUT2D eigenvalue weighted by Gasteiger charge is -2.14. The van der Waals surface area contributed by atoms with Gasteiger partial charge in [-0.2, -0.15) is 5.10 Å². The van der Waals surface area contributed by atoms with E-state index in [0.29, 0.717) is 11.5 Å². The van der Waals surface area contributed by atoms with Gasteiger partial charge in [0, 0.05) is 0 Å². The van der Waals surface area contributed by atoms with Crippen molar-refractivity contribution < 1.29 is 4.79 Å². The lowest BCUT2D eigenvalue weighted by molar-refractivity contribution is -0.117. The number of aryl methyl sites for hydroxylation is 1. The highest BCUT2D eigenvalue weighted by Gasteiger charge is 2.20. The number of anilines is 2. The molecule has 1 amide bonds. The van der Waals surface area contributed by atoms with Crippen LogP contribution in [0.3, 0.4) is 0 Å². The van der Waals surface area contributed by atoms with E-state index in [9.17, 15) is 4.79 Å². The Balaban J connectivity index is 2.16. The third-order valence-electron chi connectivity index (χ3n) is 3.16. The minimum Gasteiger partial charge on any atom is -0.394 e. The third-order valence-corrected chi connectivity index (χ3v) is 3.16. The van der Waals surface area contributed by atoms with E-state index in [1.807, 2.05) is 44.2 Å². The maximum Gasteiger partial charge on any atom is 0.233 e. The smallest absolute Gasteiger partial charge is 0.233 e. The SMILES string of the molecule is CCC(C(=O)Nc1n[nH]c(C)c1N)c1ccccc1. The van der Waals surface area contributed by atoms with E-state index < -0.39 is 0 Å². The first kappa shape index (κ1) is 13.1. The van der Waals surface area contributed by atoms with Gasteiger partial charge >= 0.3 is 0 Å². The Morgan fingerprint density at radius 1 is 1.42 bits per heavy atom. The fourth-order valence-electron chi connectivity index (χ4n) is 1.99. The maximum absolute atomic E-state index is 12.3. The molecule has 0 saturated carbocycles. The zero-order valence-electron chi connectivity index (χ0n) is 11.1. The molecule has 100 valence electrons. The number of aromatic amines is 1. The van der Waals surface area contributed by atoms with Gasteiger partial charge in [0.15, 0.2) is 5.82 Å². The van der Waals surface area contributed by atoms with Crippen molar-refractivity contribution >= 4 is 17.4 Å². The molecule has 1 heterocycles. The van der Waals surface area contributed by atoms with Gasteiger partial charge in [-0.15, -0.1) is 0 Å². The number of carbonyl (C=O) groups is 1. The first-order valence-corrected chi connectivity index (χ1v) is 6.29. The molecule has 0 bridgehead atoms. The second kappa shape index (κ2) is 5.56. The molecule has 2 aromatic rings. The van der Waals surface area contributed by atoms with Crippen LogP contribution in [0.15, 0.2) is 30.3 Å². The van der Waals surface area contributed by atoms with E-state index in [1.165, 1.54) is 0 Å². The molecule has 0 radical (unpaired) electrons. The lowest BCUT2D eigenvalue weighted by Crippen LogP contribution is -2.21. The molecule has 1 unspecified atom stereocenters. The molecule has 2 rings (SSSR count). The molecule has 0 fully saturated rings. The van der Waals surface area contributed by atoms with Gasteiger partial charge in [0.25, 0.3) is 0 Å². The van der Waals surface area contributed by atoms with Crippen LogP contribution in [-0.2, 0) is 4.79 Å². The Labute approximate surface area is 112 Å². The minimum atomic E-state index is -0.197. The molecule has 0 saturated heterocycles. The van der Waals surface area contributed by atoms with E-state index in [0.717, 1.165) is 17.7 Å². The van der Waals surface area contributed by atoms with Crippen LogP contribution in [0.2, 0.25) is 0 Å². The first-order valence-electron chi connectivity index (χ1n) is 6.29. The van der Waals surface area contributed by atoms with Crippen molar-refractivity contribution in [3.8, 4) is 0 Å². The number of rotatable bonds is 4. The van der Waals surface area contributed by atoms with E-state index >= 15 is 0 Å². The van der Waals surface area contributed by atoms with Crippen molar-refractivity contribution in [2.75, 3.05) is 11.1 Å². The van der Waals surface area contributed by atoms with E-state index in [1.54, 1.807) is 0 Å². The largest absolute Gasteiger partial charge is 0.394 e. The minimum absolute atomic E-state index is 0.0908. The Morgan fingerprint density at radius 2 is 2.11 bits per heavy atom. The Kier molecular flexibility index (Phi) is 3.85. The Bertz CT molecular complexity index is 562. The van der Waals surface area contributed by atoms with Gasteiger partial charge < -0.3 is 11.1 Å². The molecule has 5 heteroatoms. The van der Waals surface area contributed by atoms with Gasteiger partial charge in [-0.25, -0.2) is 0 Å². The number of nitrogens with one attached hydrogen (secondary N) is 2. The highest BCUT2D eigenvalue weighted by molar-refractivity contribution is 5.97. The summed E-state index contributed by atoms with van der Waals surface area (Å²) in [7, 11) is 0. The summed E-state index contributed by atoms with van der Waals surface area (Å²) in [5.41, 5.74) is 8.05. The van der Waals surface area contributed by atoms with Crippen molar-refractivity contribution in [1.29, 1.82) is 0 Å². The number of benzene rings is 1. The second-order valence-corrected chi connectivity index (χ2v) is 4.47. The van der Waals surface area contributed by atoms with Crippen LogP contribution in [0.4, 0.5) is 11.5 Å². The average molecular weight is 258 g/mol. The normalized spacial score (nSPS) is 12.1. The van der Waals surface area contributed by atoms with Gasteiger partial charge in [0.05, 0.1) is 17.3 Å². The summed E-state index contributed by atoms with van der Waals surface area (Å²) in [6, 6.07) is 9.69. The Hall–Kier alpha value is -2.30. The van der Waals surface area contributed by atoms with Gasteiger partial charge in [0.1, 0.15) is 0 Å². The number of hydrogen-bond donors (Lipinski definition) is 3. The van der Waals surface area contributed by atoms with Crippen molar-refractivity contribution in [1.82, 2.24) is 10.2 Å². The number of nitrogens with zero attached hydrogens (tertiary/aromatic N) is 1. The second-order valence-electron chi connectivity index (χ2n) is 4.47. The topological polar surface area (TPSA) is 83.8 Å². The summed E-state index contributed by atoms with van der Waals surface area (Å²) in [4.78, 5) is 12.3. The molecule has 19 heavy (non-hydrogen) atoms. The molecule has 5 nitrogen and oxygen atoms in total. The molecule has 4 N–H and O–H groups in total. The van der Waals surface area contributed by atoms with Crippen LogP contribution >= 0.6 is 0 Å². The summed E-state index contributed by atoms with van der Waals surface area (Å²) in [6.45, 7) is 3.79. The van der Waals surface area contributed by atoms with Gasteiger partial charge in [-0.1, -0.05) is 37.3 Å². The summed E-state index contributed by atoms with van der Waals surface area (Å²) in [6.07, 6.45) is 0.721. The van der Waals surface area contributed by atoms with Gasteiger partial charge in [-0.3, -0.25) is 9.89 Å². The highest BCUT2D eigenvalue weighted by Crippen LogP contribution is 2.23. The summed E-state index contributed by atoms with van der Waals surface area (Å²) in [5, 5.41) is 9.51. The van der Waals surface area contributed by atoms with Gasteiger partial charge in [-0.05, 0) is 18.9 Å². The number of hydrogen-bond acceptors (Lipinski definition) is 3. The molecule has 0 aliphatic heterocycles. The molecule has 1 aromatic carbocycles. The first-order chi connectivity index (χ1) is 9.13. The number of carbonyl (C=O) groups excluding carboxylic acids is 1. The number of amides is 1. The van der Waals surface area contributed by atoms with Crippen LogP contribution in [0.1, 0.15) is 30.5 Å². The number of nitrogen functional groups attached to an aromatic ring is 1. The van der Waals surface area contributed by atoms with Crippen LogP contribution in [0, 0.1) is 6.92 Å². The molecular weight excluding hydrogens is 240 g/mol. The predicted octanol–water partition coefficient (Wildman–Crippen LogP) is 2.43. The predicted molar refractivity (Wildman–Crippen MR) is 75.8 cm³/mol. The maximum atomic E-state index is 12.3. The molecular formula is C14H18N4O. The van der Waals surface area contributed by atoms with Crippen LogP contribution in [0.25, 0.3) is 0 Å². The molecule has 0 aliphatic rings. The van der Waals surface area contributed by atoms with Gasteiger partial charge in [0.2, 0.25) is 5.91 Å². The number of aromatic nitrogens is 2. The van der Waals surface area contributed by atoms with E-state index in [2.05, 4.69) is 15.5 Å². The quantitative estimate of drug-likeness (QED) is 0.787.